The van der Waals surface area contributed by atoms with Crippen molar-refractivity contribution in [3.63, 3.8) is 0 Å². The summed E-state index contributed by atoms with van der Waals surface area (Å²) in [6, 6.07) is 0. The number of hydrazine groups is 1. The minimum absolute atomic E-state index is 0.569. The van der Waals surface area contributed by atoms with E-state index in [1.807, 2.05) is 0 Å². The van der Waals surface area contributed by atoms with Gasteiger partial charge in [0.05, 0.1) is 6.54 Å². The van der Waals surface area contributed by atoms with Gasteiger partial charge in [-0.05, 0) is 6.58 Å². The summed E-state index contributed by atoms with van der Waals surface area (Å²) >= 11 is 0. The summed E-state index contributed by atoms with van der Waals surface area (Å²) in [6.45, 7) is 4.95. The molecule has 3 heteroatoms. The molecule has 1 aliphatic rings. The molecule has 0 atom stereocenters. The van der Waals surface area contributed by atoms with E-state index in [1.54, 1.807) is 0 Å². The molecule has 2 N–H and O–H groups in total. The zero-order valence-electron chi connectivity index (χ0n) is 4.05. The van der Waals surface area contributed by atoms with E-state index in [9.17, 15) is 0 Å². The van der Waals surface area contributed by atoms with E-state index in [2.05, 4.69) is 6.58 Å². The van der Waals surface area contributed by atoms with Crippen LogP contribution in [0.3, 0.4) is 0 Å². The van der Waals surface area contributed by atoms with Crippen LogP contribution < -0.4 is 5.84 Å². The maximum Gasteiger partial charge on any atom is 0.196 e. The highest BCUT2D eigenvalue weighted by Crippen LogP contribution is 2.03. The molecule has 1 saturated heterocycles. The lowest BCUT2D eigenvalue weighted by molar-refractivity contribution is 0.238. The van der Waals surface area contributed by atoms with Crippen molar-refractivity contribution in [3.8, 4) is 0 Å². The topological polar surface area (TPSA) is 38.5 Å². The van der Waals surface area contributed by atoms with Crippen LogP contribution >= 0.6 is 0 Å². The maximum absolute atomic E-state index is 5.29. The van der Waals surface area contributed by atoms with E-state index in [-0.39, 0.29) is 0 Å². The molecule has 0 spiro atoms. The van der Waals surface area contributed by atoms with Crippen molar-refractivity contribution >= 4 is 0 Å². The summed E-state index contributed by atoms with van der Waals surface area (Å²) < 4.78 is 4.87. The Hall–Kier alpha value is -0.700. The van der Waals surface area contributed by atoms with Crippen molar-refractivity contribution < 1.29 is 4.74 Å². The first-order chi connectivity index (χ1) is 3.30. The fraction of sp³-hybridized carbons (Fsp3) is 0.500. The van der Waals surface area contributed by atoms with Gasteiger partial charge in [-0.1, -0.05) is 0 Å². The smallest absolute Gasteiger partial charge is 0.196 e. The summed E-state index contributed by atoms with van der Waals surface area (Å²) in [5.74, 6) is 5.86. The fourth-order valence-corrected chi connectivity index (χ4v) is 0.469. The van der Waals surface area contributed by atoms with Crippen LogP contribution in [0.2, 0.25) is 0 Å². The van der Waals surface area contributed by atoms with Gasteiger partial charge in [0.1, 0.15) is 6.61 Å². The largest absolute Gasteiger partial charge is 0.477 e. The van der Waals surface area contributed by atoms with E-state index in [1.165, 1.54) is 5.01 Å². The summed E-state index contributed by atoms with van der Waals surface area (Å²) in [5, 5.41) is 1.49. The van der Waals surface area contributed by atoms with E-state index in [4.69, 9.17) is 10.6 Å². The molecule has 7 heavy (non-hydrogen) atoms. The molecule has 0 aromatic carbocycles. The standard InChI is InChI=1S/C4H8N2O/c1-4-6(5)2-3-7-4/h1-3,5H2. The molecule has 1 aliphatic heterocycles. The zero-order chi connectivity index (χ0) is 5.28. The van der Waals surface area contributed by atoms with E-state index < -0.39 is 0 Å². The van der Waals surface area contributed by atoms with Crippen LogP contribution in [0.1, 0.15) is 0 Å². The molecule has 1 heterocycles. The minimum atomic E-state index is 0.569. The van der Waals surface area contributed by atoms with Crippen molar-refractivity contribution in [2.45, 2.75) is 0 Å². The average Bonchev–Trinajstić information content (AvgIpc) is 1.91. The van der Waals surface area contributed by atoms with Crippen LogP contribution in [0, 0.1) is 0 Å². The van der Waals surface area contributed by atoms with Crippen molar-refractivity contribution in [1.29, 1.82) is 0 Å². The van der Waals surface area contributed by atoms with Gasteiger partial charge in [-0.3, -0.25) is 5.01 Å². The Balaban J connectivity index is 2.48. The Morgan fingerprint density at radius 3 is 2.71 bits per heavy atom. The van der Waals surface area contributed by atoms with Crippen molar-refractivity contribution in [1.82, 2.24) is 5.01 Å². The number of nitrogens with two attached hydrogens (primary N) is 1. The molecule has 0 saturated carbocycles. The number of nitrogens with zero attached hydrogens (tertiary/aromatic N) is 1. The Kier molecular flexibility index (Phi) is 0.906. The van der Waals surface area contributed by atoms with Crippen LogP contribution in [0.4, 0.5) is 0 Å². The Morgan fingerprint density at radius 1 is 1.86 bits per heavy atom. The van der Waals surface area contributed by atoms with Gasteiger partial charge >= 0.3 is 0 Å². The summed E-state index contributed by atoms with van der Waals surface area (Å²) in [5.41, 5.74) is 0. The summed E-state index contributed by atoms with van der Waals surface area (Å²) in [7, 11) is 0. The van der Waals surface area contributed by atoms with Gasteiger partial charge in [-0.15, -0.1) is 0 Å². The summed E-state index contributed by atoms with van der Waals surface area (Å²) in [4.78, 5) is 0. The Morgan fingerprint density at radius 2 is 2.57 bits per heavy atom. The quantitative estimate of drug-likeness (QED) is 0.423. The molecule has 0 bridgehead atoms. The maximum atomic E-state index is 5.29. The molecule has 0 amide bonds. The number of hydrogen-bond acceptors (Lipinski definition) is 3. The van der Waals surface area contributed by atoms with Crippen LogP contribution in [-0.2, 0) is 4.74 Å². The van der Waals surface area contributed by atoms with Gasteiger partial charge in [0.2, 0.25) is 0 Å². The normalized spacial score (nSPS) is 20.1. The molecular formula is C4H8N2O. The van der Waals surface area contributed by atoms with Gasteiger partial charge in [0.25, 0.3) is 0 Å². The molecule has 0 aromatic rings. The Labute approximate surface area is 42.3 Å². The second kappa shape index (κ2) is 1.42. The van der Waals surface area contributed by atoms with Crippen LogP contribution in [0.5, 0.6) is 0 Å². The number of ether oxygens (including phenoxy) is 1. The molecular weight excluding hydrogens is 92.1 g/mol. The first-order valence-electron chi connectivity index (χ1n) is 2.14. The second-order valence-electron chi connectivity index (χ2n) is 1.44. The first kappa shape index (κ1) is 4.46. The Bertz CT molecular complexity index is 91.7. The fourth-order valence-electron chi connectivity index (χ4n) is 0.469. The molecule has 3 nitrogen and oxygen atoms in total. The second-order valence-corrected chi connectivity index (χ2v) is 1.44. The molecule has 0 radical (unpaired) electrons. The lowest BCUT2D eigenvalue weighted by Gasteiger charge is -2.04. The van der Waals surface area contributed by atoms with Crippen molar-refractivity contribution in [2.24, 2.45) is 5.84 Å². The highest BCUT2D eigenvalue weighted by molar-refractivity contribution is 4.83. The van der Waals surface area contributed by atoms with Gasteiger partial charge in [-0.25, -0.2) is 5.84 Å². The SMILES string of the molecule is C=C1OCCN1N. The lowest BCUT2D eigenvalue weighted by atomic mass is 10.7. The highest BCUT2D eigenvalue weighted by Gasteiger charge is 2.09. The predicted octanol–water partition coefficient (Wildman–Crippen LogP) is -0.336. The molecule has 1 fully saturated rings. The molecule has 1 rings (SSSR count). The van der Waals surface area contributed by atoms with Gasteiger partial charge in [0.15, 0.2) is 5.88 Å². The third-order valence-corrected chi connectivity index (χ3v) is 0.921. The molecule has 0 aliphatic carbocycles. The van der Waals surface area contributed by atoms with Gasteiger partial charge in [-0.2, -0.15) is 0 Å². The number of rotatable bonds is 0. The zero-order valence-corrected chi connectivity index (χ0v) is 4.05. The minimum Gasteiger partial charge on any atom is -0.477 e. The van der Waals surface area contributed by atoms with Crippen molar-refractivity contribution in [3.05, 3.63) is 12.5 Å². The monoisotopic (exact) mass is 100 g/mol. The lowest BCUT2D eigenvalue weighted by Crippen LogP contribution is -2.25. The van der Waals surface area contributed by atoms with Crippen LogP contribution in [0.25, 0.3) is 0 Å². The van der Waals surface area contributed by atoms with Gasteiger partial charge < -0.3 is 4.74 Å². The van der Waals surface area contributed by atoms with E-state index >= 15 is 0 Å². The van der Waals surface area contributed by atoms with E-state index in [0.29, 0.717) is 12.5 Å². The number of hydrogen-bond donors (Lipinski definition) is 1. The van der Waals surface area contributed by atoms with Crippen LogP contribution in [0.15, 0.2) is 12.5 Å². The third kappa shape index (κ3) is 0.667. The van der Waals surface area contributed by atoms with E-state index in [0.717, 1.165) is 6.54 Å². The third-order valence-electron chi connectivity index (χ3n) is 0.921. The van der Waals surface area contributed by atoms with Crippen molar-refractivity contribution in [2.75, 3.05) is 13.2 Å². The first-order valence-corrected chi connectivity index (χ1v) is 2.14. The van der Waals surface area contributed by atoms with Gasteiger partial charge in [0, 0.05) is 0 Å². The predicted molar refractivity (Wildman–Crippen MR) is 26.0 cm³/mol. The molecule has 0 unspecified atom stereocenters. The molecule has 40 valence electrons. The highest BCUT2D eigenvalue weighted by atomic mass is 16.5. The summed E-state index contributed by atoms with van der Waals surface area (Å²) in [6.07, 6.45) is 0. The average molecular weight is 100 g/mol. The van der Waals surface area contributed by atoms with Crippen LogP contribution in [-0.4, -0.2) is 18.2 Å². The molecule has 0 aromatic heterocycles.